The molecule has 2 fully saturated rings. The van der Waals surface area contributed by atoms with E-state index in [1.165, 1.54) is 43.9 Å². The van der Waals surface area contributed by atoms with Crippen LogP contribution in [0.1, 0.15) is 19.3 Å². The Kier molecular flexibility index (Phi) is 4.39. The van der Waals surface area contributed by atoms with Crippen LogP contribution in [0.4, 0.5) is 5.82 Å². The summed E-state index contributed by atoms with van der Waals surface area (Å²) in [5.74, 6) is 4.28. The fraction of sp³-hybridized carbons (Fsp3) is 0.688. The number of likely N-dealkylation sites (tertiary alicyclic amines) is 1. The number of fused-ring (bicyclic) bond motifs is 1. The quantitative estimate of drug-likeness (QED) is 0.924. The molecule has 0 amide bonds. The average molecular weight is 332 g/mol. The van der Waals surface area contributed by atoms with E-state index in [2.05, 4.69) is 36.9 Å². The van der Waals surface area contributed by atoms with Crippen molar-refractivity contribution in [2.45, 2.75) is 25.3 Å². The summed E-state index contributed by atoms with van der Waals surface area (Å²) in [6.45, 7) is 3.48. The molecule has 0 spiro atoms. The SMILES string of the molecule is Cn1cnc2c(NCC3CCN(C4CCSC4)CC3)ncnc21. The zero-order valence-electron chi connectivity index (χ0n) is 13.6. The topological polar surface area (TPSA) is 58.9 Å². The standard InChI is InChI=1S/C16H24N6S/c1-21-11-20-14-15(18-10-19-16(14)21)17-8-12-2-5-22(6-3-12)13-4-7-23-9-13/h10-13H,2-9H2,1H3,(H,17,18,19). The van der Waals surface area contributed by atoms with Crippen molar-refractivity contribution in [3.8, 4) is 0 Å². The Morgan fingerprint density at radius 1 is 1.22 bits per heavy atom. The Morgan fingerprint density at radius 2 is 2.09 bits per heavy atom. The minimum absolute atomic E-state index is 0.731. The van der Waals surface area contributed by atoms with Crippen LogP contribution >= 0.6 is 11.8 Å². The number of hydrogen-bond acceptors (Lipinski definition) is 6. The number of hydrogen-bond donors (Lipinski definition) is 1. The number of aryl methyl sites for hydroxylation is 1. The van der Waals surface area contributed by atoms with Gasteiger partial charge in [0.05, 0.1) is 6.33 Å². The van der Waals surface area contributed by atoms with Crippen molar-refractivity contribution in [1.82, 2.24) is 24.4 Å². The summed E-state index contributed by atoms with van der Waals surface area (Å²) in [4.78, 5) is 15.8. The summed E-state index contributed by atoms with van der Waals surface area (Å²) >= 11 is 2.11. The van der Waals surface area contributed by atoms with Crippen LogP contribution in [-0.2, 0) is 7.05 Å². The molecule has 4 rings (SSSR count). The molecule has 2 aliphatic rings. The van der Waals surface area contributed by atoms with Gasteiger partial charge >= 0.3 is 0 Å². The van der Waals surface area contributed by atoms with E-state index < -0.39 is 0 Å². The van der Waals surface area contributed by atoms with Crippen molar-refractivity contribution in [3.63, 3.8) is 0 Å². The maximum absolute atomic E-state index is 4.41. The van der Waals surface area contributed by atoms with Crippen molar-refractivity contribution >= 4 is 28.7 Å². The van der Waals surface area contributed by atoms with Gasteiger partial charge in [0.2, 0.25) is 0 Å². The molecule has 7 heteroatoms. The second kappa shape index (κ2) is 6.65. The first kappa shape index (κ1) is 15.2. The van der Waals surface area contributed by atoms with Crippen LogP contribution in [0.2, 0.25) is 0 Å². The highest BCUT2D eigenvalue weighted by atomic mass is 32.2. The highest BCUT2D eigenvalue weighted by Crippen LogP contribution is 2.27. The molecule has 1 N–H and O–H groups in total. The molecule has 2 saturated heterocycles. The van der Waals surface area contributed by atoms with Crippen LogP contribution in [0.3, 0.4) is 0 Å². The first-order chi connectivity index (χ1) is 11.3. The average Bonchev–Trinajstić information content (AvgIpc) is 3.24. The zero-order chi connectivity index (χ0) is 15.6. The lowest BCUT2D eigenvalue weighted by Crippen LogP contribution is -2.42. The van der Waals surface area contributed by atoms with Gasteiger partial charge in [0.1, 0.15) is 11.8 Å². The van der Waals surface area contributed by atoms with Crippen molar-refractivity contribution in [3.05, 3.63) is 12.7 Å². The Hall–Kier alpha value is -1.34. The summed E-state index contributed by atoms with van der Waals surface area (Å²) < 4.78 is 1.93. The summed E-state index contributed by atoms with van der Waals surface area (Å²) in [6, 6.07) is 0.837. The summed E-state index contributed by atoms with van der Waals surface area (Å²) in [7, 11) is 1.96. The second-order valence-corrected chi connectivity index (χ2v) is 7.78. The Bertz CT molecular complexity index is 658. The van der Waals surface area contributed by atoms with Crippen LogP contribution in [-0.4, -0.2) is 61.6 Å². The van der Waals surface area contributed by atoms with Gasteiger partial charge in [-0.3, -0.25) is 4.90 Å². The van der Waals surface area contributed by atoms with E-state index in [0.29, 0.717) is 0 Å². The predicted molar refractivity (Wildman–Crippen MR) is 94.8 cm³/mol. The molecule has 0 bridgehead atoms. The van der Waals surface area contributed by atoms with Crippen LogP contribution < -0.4 is 5.32 Å². The molecule has 0 aliphatic carbocycles. The van der Waals surface area contributed by atoms with E-state index in [9.17, 15) is 0 Å². The minimum Gasteiger partial charge on any atom is -0.368 e. The maximum Gasteiger partial charge on any atom is 0.165 e. The number of imidazole rings is 1. The van der Waals surface area contributed by atoms with Crippen molar-refractivity contribution < 1.29 is 0 Å². The Labute approximate surface area is 141 Å². The van der Waals surface area contributed by atoms with Crippen molar-refractivity contribution in [2.75, 3.05) is 36.5 Å². The zero-order valence-corrected chi connectivity index (χ0v) is 14.4. The number of rotatable bonds is 4. The molecule has 2 aromatic rings. The van der Waals surface area contributed by atoms with Gasteiger partial charge < -0.3 is 9.88 Å². The predicted octanol–water partition coefficient (Wildman–Crippen LogP) is 1.99. The van der Waals surface area contributed by atoms with Crippen LogP contribution in [0, 0.1) is 5.92 Å². The molecule has 6 nitrogen and oxygen atoms in total. The number of nitrogens with zero attached hydrogens (tertiary/aromatic N) is 5. The number of anilines is 1. The number of nitrogens with one attached hydrogen (secondary N) is 1. The molecule has 124 valence electrons. The lowest BCUT2D eigenvalue weighted by Gasteiger charge is -2.35. The van der Waals surface area contributed by atoms with E-state index >= 15 is 0 Å². The summed E-state index contributed by atoms with van der Waals surface area (Å²) in [5, 5.41) is 3.51. The first-order valence-electron chi connectivity index (χ1n) is 8.49. The van der Waals surface area contributed by atoms with E-state index in [-0.39, 0.29) is 0 Å². The van der Waals surface area contributed by atoms with Gasteiger partial charge in [0.25, 0.3) is 0 Å². The summed E-state index contributed by atoms with van der Waals surface area (Å²) in [5.41, 5.74) is 1.76. The minimum atomic E-state index is 0.731. The van der Waals surface area contributed by atoms with Crippen molar-refractivity contribution in [2.24, 2.45) is 13.0 Å². The third-order valence-electron chi connectivity index (χ3n) is 5.13. The number of thioether (sulfide) groups is 1. The first-order valence-corrected chi connectivity index (χ1v) is 9.64. The molecule has 0 radical (unpaired) electrons. The summed E-state index contributed by atoms with van der Waals surface area (Å²) in [6.07, 6.45) is 7.36. The monoisotopic (exact) mass is 332 g/mol. The molecule has 0 saturated carbocycles. The third-order valence-corrected chi connectivity index (χ3v) is 6.27. The molecule has 1 atom stereocenters. The number of piperidine rings is 1. The van der Waals surface area contributed by atoms with Crippen LogP contribution in [0.15, 0.2) is 12.7 Å². The fourth-order valence-corrected chi connectivity index (χ4v) is 4.90. The van der Waals surface area contributed by atoms with E-state index in [0.717, 1.165) is 35.5 Å². The van der Waals surface area contributed by atoms with E-state index in [1.807, 2.05) is 11.6 Å². The second-order valence-electron chi connectivity index (χ2n) is 6.63. The van der Waals surface area contributed by atoms with Crippen molar-refractivity contribution in [1.29, 1.82) is 0 Å². The van der Waals surface area contributed by atoms with Gasteiger partial charge in [-0.25, -0.2) is 15.0 Å². The van der Waals surface area contributed by atoms with Gasteiger partial charge in [0, 0.05) is 25.4 Å². The normalized spacial score (nSPS) is 23.6. The van der Waals surface area contributed by atoms with E-state index in [1.54, 1.807) is 12.7 Å². The van der Waals surface area contributed by atoms with Gasteiger partial charge in [-0.15, -0.1) is 0 Å². The van der Waals surface area contributed by atoms with E-state index in [4.69, 9.17) is 0 Å². The van der Waals surface area contributed by atoms with Crippen LogP contribution in [0.25, 0.3) is 11.2 Å². The smallest absolute Gasteiger partial charge is 0.165 e. The van der Waals surface area contributed by atoms with Gasteiger partial charge in [-0.1, -0.05) is 0 Å². The highest BCUT2D eigenvalue weighted by molar-refractivity contribution is 7.99. The van der Waals surface area contributed by atoms with Gasteiger partial charge in [0.15, 0.2) is 11.5 Å². The molecule has 1 unspecified atom stereocenters. The molecule has 2 aromatic heterocycles. The lowest BCUT2D eigenvalue weighted by atomic mass is 9.95. The molecule has 23 heavy (non-hydrogen) atoms. The molecule has 2 aliphatic heterocycles. The maximum atomic E-state index is 4.41. The molecular weight excluding hydrogens is 308 g/mol. The number of aromatic nitrogens is 4. The molecule has 0 aromatic carbocycles. The Balaban J connectivity index is 1.33. The van der Waals surface area contributed by atoms with Gasteiger partial charge in [-0.2, -0.15) is 11.8 Å². The molecule has 4 heterocycles. The highest BCUT2D eigenvalue weighted by Gasteiger charge is 2.27. The Morgan fingerprint density at radius 3 is 2.87 bits per heavy atom. The molecular formula is C16H24N6S. The fourth-order valence-electron chi connectivity index (χ4n) is 3.65. The third kappa shape index (κ3) is 3.17. The lowest BCUT2D eigenvalue weighted by molar-refractivity contribution is 0.148. The van der Waals surface area contributed by atoms with Crippen LogP contribution in [0.5, 0.6) is 0 Å². The largest absolute Gasteiger partial charge is 0.368 e. The van der Waals surface area contributed by atoms with Gasteiger partial charge in [-0.05, 0) is 44.0 Å².